The Kier molecular flexibility index (Phi) is 3.43. The van der Waals surface area contributed by atoms with E-state index >= 15 is 0 Å². The van der Waals surface area contributed by atoms with Gasteiger partial charge in [-0.1, -0.05) is 13.3 Å². The van der Waals surface area contributed by atoms with Gasteiger partial charge in [-0.05, 0) is 19.3 Å². The van der Waals surface area contributed by atoms with Crippen molar-refractivity contribution in [3.05, 3.63) is 0 Å². The molecular formula is C10H13F7O. The van der Waals surface area contributed by atoms with E-state index in [4.69, 9.17) is 0 Å². The van der Waals surface area contributed by atoms with Crippen LogP contribution in [0.25, 0.3) is 0 Å². The SMILES string of the molecule is CCC1CC(O)(C(F)(F)F)C(F)(F)C1C(C)(F)F. The van der Waals surface area contributed by atoms with E-state index in [-0.39, 0.29) is 13.3 Å². The van der Waals surface area contributed by atoms with Crippen LogP contribution < -0.4 is 0 Å². The van der Waals surface area contributed by atoms with Crippen molar-refractivity contribution in [3.8, 4) is 0 Å². The van der Waals surface area contributed by atoms with Crippen LogP contribution in [0.4, 0.5) is 30.7 Å². The maximum Gasteiger partial charge on any atom is 0.423 e. The van der Waals surface area contributed by atoms with E-state index in [0.717, 1.165) is 0 Å². The molecule has 3 atom stereocenters. The molecule has 0 aromatic rings. The first-order chi connectivity index (χ1) is 7.79. The first-order valence-corrected chi connectivity index (χ1v) is 5.33. The zero-order valence-corrected chi connectivity index (χ0v) is 9.66. The molecule has 1 aliphatic carbocycles. The minimum absolute atomic E-state index is 0.149. The lowest BCUT2D eigenvalue weighted by Gasteiger charge is -2.35. The van der Waals surface area contributed by atoms with Gasteiger partial charge in [0.2, 0.25) is 5.60 Å². The molecule has 1 saturated carbocycles. The Morgan fingerprint density at radius 1 is 1.17 bits per heavy atom. The maximum atomic E-state index is 13.6. The fourth-order valence-electron chi connectivity index (χ4n) is 2.60. The fraction of sp³-hybridized carbons (Fsp3) is 1.00. The molecule has 0 aliphatic heterocycles. The van der Waals surface area contributed by atoms with Crippen LogP contribution in [0.5, 0.6) is 0 Å². The van der Waals surface area contributed by atoms with Gasteiger partial charge in [0.25, 0.3) is 11.8 Å². The predicted octanol–water partition coefficient (Wildman–Crippen LogP) is 3.62. The van der Waals surface area contributed by atoms with Crippen molar-refractivity contribution < 1.29 is 35.8 Å². The highest BCUT2D eigenvalue weighted by atomic mass is 19.4. The van der Waals surface area contributed by atoms with E-state index in [1.807, 2.05) is 0 Å². The lowest BCUT2D eigenvalue weighted by molar-refractivity contribution is -0.335. The molecule has 1 rings (SSSR count). The largest absolute Gasteiger partial charge is 0.423 e. The molecule has 108 valence electrons. The van der Waals surface area contributed by atoms with Crippen molar-refractivity contribution in [3.63, 3.8) is 0 Å². The first-order valence-electron chi connectivity index (χ1n) is 5.33. The Labute approximate surface area is 99.0 Å². The van der Waals surface area contributed by atoms with Crippen LogP contribution in [0.3, 0.4) is 0 Å². The molecule has 0 aromatic heterocycles. The second kappa shape index (κ2) is 3.98. The van der Waals surface area contributed by atoms with Gasteiger partial charge >= 0.3 is 6.18 Å². The molecule has 18 heavy (non-hydrogen) atoms. The molecule has 0 heterocycles. The maximum absolute atomic E-state index is 13.6. The Balaban J connectivity index is 3.32. The summed E-state index contributed by atoms with van der Waals surface area (Å²) in [6, 6.07) is 0. The summed E-state index contributed by atoms with van der Waals surface area (Å²) in [6.45, 7) is 1.39. The molecular weight excluding hydrogens is 269 g/mol. The number of rotatable bonds is 2. The summed E-state index contributed by atoms with van der Waals surface area (Å²) < 4.78 is 91.2. The highest BCUT2D eigenvalue weighted by molar-refractivity contribution is 5.13. The third-order valence-corrected chi connectivity index (χ3v) is 3.51. The van der Waals surface area contributed by atoms with Crippen LogP contribution in [0.1, 0.15) is 26.7 Å². The van der Waals surface area contributed by atoms with Gasteiger partial charge in [0.1, 0.15) is 0 Å². The number of hydrogen-bond acceptors (Lipinski definition) is 1. The summed E-state index contributed by atoms with van der Waals surface area (Å²) in [5.74, 6) is -13.3. The molecule has 1 fully saturated rings. The van der Waals surface area contributed by atoms with E-state index in [9.17, 15) is 35.8 Å². The second-order valence-corrected chi connectivity index (χ2v) is 4.79. The summed E-state index contributed by atoms with van der Waals surface area (Å²) in [5, 5.41) is 9.18. The number of aliphatic hydroxyl groups is 1. The predicted molar refractivity (Wildman–Crippen MR) is 48.5 cm³/mol. The third-order valence-electron chi connectivity index (χ3n) is 3.51. The van der Waals surface area contributed by atoms with Gasteiger partial charge in [0.15, 0.2) is 0 Å². The van der Waals surface area contributed by atoms with Crippen molar-refractivity contribution in [2.24, 2.45) is 11.8 Å². The van der Waals surface area contributed by atoms with E-state index in [2.05, 4.69) is 0 Å². The molecule has 1 aliphatic rings. The lowest BCUT2D eigenvalue weighted by Crippen LogP contribution is -2.59. The normalized spacial score (nSPS) is 37.0. The quantitative estimate of drug-likeness (QED) is 0.767. The monoisotopic (exact) mass is 282 g/mol. The summed E-state index contributed by atoms with van der Waals surface area (Å²) in [4.78, 5) is 0. The van der Waals surface area contributed by atoms with Crippen LogP contribution >= 0.6 is 0 Å². The summed E-state index contributed by atoms with van der Waals surface area (Å²) in [7, 11) is 0. The highest BCUT2D eigenvalue weighted by Gasteiger charge is 2.79. The molecule has 0 amide bonds. The Morgan fingerprint density at radius 2 is 1.61 bits per heavy atom. The van der Waals surface area contributed by atoms with Crippen LogP contribution in [0, 0.1) is 11.8 Å². The van der Waals surface area contributed by atoms with Crippen molar-refractivity contribution >= 4 is 0 Å². The Bertz CT molecular complexity index is 319. The van der Waals surface area contributed by atoms with E-state index < -0.39 is 41.9 Å². The number of alkyl halides is 7. The zero-order valence-electron chi connectivity index (χ0n) is 9.66. The molecule has 3 unspecified atom stereocenters. The summed E-state index contributed by atoms with van der Waals surface area (Å²) in [5.41, 5.74) is -4.38. The molecule has 8 heteroatoms. The molecule has 0 radical (unpaired) electrons. The smallest absolute Gasteiger partial charge is 0.376 e. The van der Waals surface area contributed by atoms with Gasteiger partial charge in [0.05, 0.1) is 5.92 Å². The van der Waals surface area contributed by atoms with Crippen LogP contribution in [0.15, 0.2) is 0 Å². The van der Waals surface area contributed by atoms with Crippen LogP contribution in [-0.2, 0) is 0 Å². The molecule has 0 aromatic carbocycles. The van der Waals surface area contributed by atoms with Gasteiger partial charge in [-0.25, -0.2) is 17.6 Å². The molecule has 0 saturated heterocycles. The fourth-order valence-corrected chi connectivity index (χ4v) is 2.60. The first kappa shape index (κ1) is 15.5. The Hall–Kier alpha value is -0.530. The Morgan fingerprint density at radius 3 is 1.83 bits per heavy atom. The van der Waals surface area contributed by atoms with Crippen molar-refractivity contribution in [1.82, 2.24) is 0 Å². The summed E-state index contributed by atoms with van der Waals surface area (Å²) in [6.07, 6.45) is -7.35. The highest BCUT2D eigenvalue weighted by Crippen LogP contribution is 2.61. The standard InChI is InChI=1S/C10H13F7O/c1-3-5-4-8(18,10(15,16)17)9(13,14)6(5)7(2,11)12/h5-6,18H,3-4H2,1-2H3. The van der Waals surface area contributed by atoms with Gasteiger partial charge in [-0.2, -0.15) is 13.2 Å². The van der Waals surface area contributed by atoms with Gasteiger partial charge < -0.3 is 5.11 Å². The van der Waals surface area contributed by atoms with E-state index in [1.54, 1.807) is 0 Å². The zero-order chi connectivity index (χ0) is 14.6. The molecule has 1 nitrogen and oxygen atoms in total. The van der Waals surface area contributed by atoms with Gasteiger partial charge in [0, 0.05) is 0 Å². The van der Waals surface area contributed by atoms with Crippen LogP contribution in [-0.4, -0.2) is 28.7 Å². The minimum atomic E-state index is -5.65. The van der Waals surface area contributed by atoms with Gasteiger partial charge in [-0.3, -0.25) is 0 Å². The minimum Gasteiger partial charge on any atom is -0.376 e. The van der Waals surface area contributed by atoms with Crippen molar-refractivity contribution in [2.45, 2.75) is 50.3 Å². The lowest BCUT2D eigenvalue weighted by atomic mass is 9.86. The van der Waals surface area contributed by atoms with Crippen molar-refractivity contribution in [2.75, 3.05) is 0 Å². The van der Waals surface area contributed by atoms with Crippen LogP contribution in [0.2, 0.25) is 0 Å². The average molecular weight is 282 g/mol. The van der Waals surface area contributed by atoms with E-state index in [0.29, 0.717) is 0 Å². The second-order valence-electron chi connectivity index (χ2n) is 4.79. The van der Waals surface area contributed by atoms with E-state index in [1.165, 1.54) is 6.92 Å². The van der Waals surface area contributed by atoms with Crippen molar-refractivity contribution in [1.29, 1.82) is 0 Å². The molecule has 0 spiro atoms. The third kappa shape index (κ3) is 1.98. The van der Waals surface area contributed by atoms with Gasteiger partial charge in [-0.15, -0.1) is 0 Å². The summed E-state index contributed by atoms with van der Waals surface area (Å²) >= 11 is 0. The topological polar surface area (TPSA) is 20.2 Å². The average Bonchev–Trinajstić information content (AvgIpc) is 2.32. The number of hydrogen-bond donors (Lipinski definition) is 1. The molecule has 1 N–H and O–H groups in total. The number of halogens is 7. The molecule has 0 bridgehead atoms.